The van der Waals surface area contributed by atoms with Crippen LogP contribution in [-0.2, 0) is 0 Å². The first kappa shape index (κ1) is 13.1. The van der Waals surface area contributed by atoms with Gasteiger partial charge in [-0.3, -0.25) is 0 Å². The van der Waals surface area contributed by atoms with E-state index in [2.05, 4.69) is 59.4 Å². The van der Waals surface area contributed by atoms with Gasteiger partial charge >= 0.3 is 0 Å². The van der Waals surface area contributed by atoms with Crippen LogP contribution in [0.3, 0.4) is 0 Å². The number of hydrogen-bond donors (Lipinski definition) is 1. The monoisotopic (exact) mass is 295 g/mol. The van der Waals surface area contributed by atoms with Crippen molar-refractivity contribution in [2.75, 3.05) is 6.54 Å². The maximum atomic E-state index is 3.60. The molecule has 1 atom stereocenters. The molecule has 1 N–H and O–H groups in total. The Hall–Kier alpha value is -0.340. The first-order valence-electron chi connectivity index (χ1n) is 6.65. The van der Waals surface area contributed by atoms with Crippen LogP contribution in [0.15, 0.2) is 28.7 Å². The van der Waals surface area contributed by atoms with Gasteiger partial charge in [0.15, 0.2) is 0 Å². The summed E-state index contributed by atoms with van der Waals surface area (Å²) >= 11 is 3.58. The van der Waals surface area contributed by atoms with Crippen LogP contribution in [0.5, 0.6) is 0 Å². The molecule has 0 saturated heterocycles. The van der Waals surface area contributed by atoms with Gasteiger partial charge in [0, 0.05) is 17.1 Å². The molecule has 94 valence electrons. The Morgan fingerprint density at radius 3 is 2.65 bits per heavy atom. The summed E-state index contributed by atoms with van der Waals surface area (Å²) in [6.07, 6.45) is 4.21. The van der Waals surface area contributed by atoms with Crippen molar-refractivity contribution in [3.63, 3.8) is 0 Å². The number of rotatable bonds is 5. The summed E-state index contributed by atoms with van der Waals surface area (Å²) in [5.74, 6) is 1.57. The van der Waals surface area contributed by atoms with Crippen molar-refractivity contribution >= 4 is 15.9 Å². The number of halogens is 1. The molecule has 1 aromatic rings. The van der Waals surface area contributed by atoms with Gasteiger partial charge in [-0.25, -0.2) is 0 Å². The minimum absolute atomic E-state index is 0.574. The third-order valence-corrected chi connectivity index (χ3v) is 4.23. The van der Waals surface area contributed by atoms with E-state index < -0.39 is 0 Å². The second-order valence-corrected chi connectivity index (χ2v) is 6.33. The van der Waals surface area contributed by atoms with Crippen LogP contribution in [0.4, 0.5) is 0 Å². The third kappa shape index (κ3) is 3.56. The Labute approximate surface area is 113 Å². The molecular formula is C15H22BrN. The van der Waals surface area contributed by atoms with Gasteiger partial charge in [0.1, 0.15) is 0 Å². The summed E-state index contributed by atoms with van der Waals surface area (Å²) in [6.45, 7) is 5.55. The predicted molar refractivity (Wildman–Crippen MR) is 77.4 cm³/mol. The van der Waals surface area contributed by atoms with Crippen LogP contribution >= 0.6 is 15.9 Å². The molecule has 1 nitrogen and oxygen atoms in total. The van der Waals surface area contributed by atoms with Crippen LogP contribution < -0.4 is 5.32 Å². The summed E-state index contributed by atoms with van der Waals surface area (Å²) in [5, 5.41) is 3.60. The summed E-state index contributed by atoms with van der Waals surface area (Å²) in [4.78, 5) is 0. The zero-order valence-corrected chi connectivity index (χ0v) is 12.3. The molecule has 2 heteroatoms. The largest absolute Gasteiger partial charge is 0.314 e. The maximum Gasteiger partial charge on any atom is 0.0178 e. The number of benzene rings is 1. The maximum absolute atomic E-state index is 3.60. The van der Waals surface area contributed by atoms with E-state index in [1.807, 2.05) is 0 Å². The van der Waals surface area contributed by atoms with E-state index in [1.54, 1.807) is 0 Å². The van der Waals surface area contributed by atoms with E-state index in [-0.39, 0.29) is 0 Å². The molecule has 17 heavy (non-hydrogen) atoms. The van der Waals surface area contributed by atoms with Crippen molar-refractivity contribution in [2.45, 2.75) is 45.1 Å². The van der Waals surface area contributed by atoms with Gasteiger partial charge in [0.2, 0.25) is 0 Å². The normalized spacial score (nSPS) is 18.1. The molecule has 2 rings (SSSR count). The fourth-order valence-electron chi connectivity index (χ4n) is 2.50. The van der Waals surface area contributed by atoms with Crippen LogP contribution in [0.1, 0.15) is 44.6 Å². The quantitative estimate of drug-likeness (QED) is 0.852. The lowest BCUT2D eigenvalue weighted by atomic mass is 9.73. The molecule has 0 aromatic heterocycles. The molecule has 1 fully saturated rings. The van der Waals surface area contributed by atoms with Crippen molar-refractivity contribution in [2.24, 2.45) is 5.92 Å². The summed E-state index contributed by atoms with van der Waals surface area (Å²) < 4.78 is 1.20. The van der Waals surface area contributed by atoms with E-state index >= 15 is 0 Å². The fraction of sp³-hybridized carbons (Fsp3) is 0.600. The zero-order chi connectivity index (χ0) is 12.3. The lowest BCUT2D eigenvalue weighted by molar-refractivity contribution is 0.252. The van der Waals surface area contributed by atoms with Crippen molar-refractivity contribution in [3.8, 4) is 0 Å². The minimum atomic E-state index is 0.574. The second-order valence-electron chi connectivity index (χ2n) is 5.42. The topological polar surface area (TPSA) is 12.0 Å². The molecule has 1 aliphatic carbocycles. The average Bonchev–Trinajstić information content (AvgIpc) is 2.21. The smallest absolute Gasteiger partial charge is 0.0178 e. The van der Waals surface area contributed by atoms with Crippen molar-refractivity contribution in [1.29, 1.82) is 0 Å². The van der Waals surface area contributed by atoms with Gasteiger partial charge in [0.25, 0.3) is 0 Å². The Morgan fingerprint density at radius 1 is 1.35 bits per heavy atom. The van der Waals surface area contributed by atoms with E-state index in [1.165, 1.54) is 29.3 Å². The van der Waals surface area contributed by atoms with E-state index in [4.69, 9.17) is 0 Å². The van der Waals surface area contributed by atoms with Crippen LogP contribution in [0.25, 0.3) is 0 Å². The van der Waals surface area contributed by atoms with Gasteiger partial charge < -0.3 is 5.32 Å². The Balaban J connectivity index is 2.08. The third-order valence-electron chi connectivity index (χ3n) is 3.74. The van der Waals surface area contributed by atoms with Crippen molar-refractivity contribution < 1.29 is 0 Å². The first-order valence-corrected chi connectivity index (χ1v) is 7.45. The molecule has 1 aromatic carbocycles. The van der Waals surface area contributed by atoms with E-state index in [9.17, 15) is 0 Å². The SMILES string of the molecule is CC(C)NCC(c1cccc(Br)c1)C1CCC1. The van der Waals surface area contributed by atoms with Crippen LogP contribution in [0.2, 0.25) is 0 Å². The molecule has 0 spiro atoms. The van der Waals surface area contributed by atoms with Gasteiger partial charge in [-0.05, 0) is 42.4 Å². The zero-order valence-electron chi connectivity index (χ0n) is 10.7. The van der Waals surface area contributed by atoms with Crippen molar-refractivity contribution in [3.05, 3.63) is 34.3 Å². The molecular weight excluding hydrogens is 274 g/mol. The van der Waals surface area contributed by atoms with Crippen molar-refractivity contribution in [1.82, 2.24) is 5.32 Å². The highest BCUT2D eigenvalue weighted by Crippen LogP contribution is 2.39. The van der Waals surface area contributed by atoms with Crippen LogP contribution in [-0.4, -0.2) is 12.6 Å². The first-order chi connectivity index (χ1) is 8.16. The highest BCUT2D eigenvalue weighted by Gasteiger charge is 2.28. The summed E-state index contributed by atoms with van der Waals surface area (Å²) in [6, 6.07) is 9.39. The number of nitrogens with one attached hydrogen (secondary N) is 1. The van der Waals surface area contributed by atoms with E-state index in [0.717, 1.165) is 12.5 Å². The molecule has 1 unspecified atom stereocenters. The average molecular weight is 296 g/mol. The van der Waals surface area contributed by atoms with E-state index in [0.29, 0.717) is 12.0 Å². The molecule has 1 aliphatic rings. The van der Waals surface area contributed by atoms with Crippen LogP contribution in [0, 0.1) is 5.92 Å². The lowest BCUT2D eigenvalue weighted by Gasteiger charge is -2.35. The van der Waals surface area contributed by atoms with Gasteiger partial charge in [-0.2, -0.15) is 0 Å². The fourth-order valence-corrected chi connectivity index (χ4v) is 2.92. The minimum Gasteiger partial charge on any atom is -0.314 e. The van der Waals surface area contributed by atoms with Gasteiger partial charge in [0.05, 0.1) is 0 Å². The second kappa shape index (κ2) is 6.01. The lowest BCUT2D eigenvalue weighted by Crippen LogP contribution is -2.33. The standard InChI is InChI=1S/C15H22BrN/c1-11(2)17-10-15(12-5-3-6-12)13-7-4-8-14(16)9-13/h4,7-9,11-12,15,17H,3,5-6,10H2,1-2H3. The number of hydrogen-bond acceptors (Lipinski definition) is 1. The molecule has 0 amide bonds. The Morgan fingerprint density at radius 2 is 2.12 bits per heavy atom. The highest BCUT2D eigenvalue weighted by molar-refractivity contribution is 9.10. The Bertz CT molecular complexity index is 358. The molecule has 1 saturated carbocycles. The molecule has 0 aliphatic heterocycles. The highest BCUT2D eigenvalue weighted by atomic mass is 79.9. The molecule has 0 heterocycles. The summed E-state index contributed by atoms with van der Waals surface area (Å²) in [7, 11) is 0. The van der Waals surface area contributed by atoms with Gasteiger partial charge in [-0.15, -0.1) is 0 Å². The van der Waals surface area contributed by atoms with Gasteiger partial charge in [-0.1, -0.05) is 48.3 Å². The Kier molecular flexibility index (Phi) is 4.63. The summed E-state index contributed by atoms with van der Waals surface area (Å²) in [5.41, 5.74) is 1.48. The molecule has 0 radical (unpaired) electrons. The molecule has 0 bridgehead atoms. The predicted octanol–water partition coefficient (Wildman–Crippen LogP) is 4.33.